The average molecular weight is 1190 g/mol. The Balaban J connectivity index is 0.000000388. The molecule has 2 aliphatic heterocycles. The summed E-state index contributed by atoms with van der Waals surface area (Å²) in [6.45, 7) is 16.3. The molecule has 18 heteroatoms. The minimum absolute atomic E-state index is 0. The quantitative estimate of drug-likeness (QED) is 0.238. The molecule has 51 heavy (non-hydrogen) atoms. The molecule has 4 heterocycles. The topological polar surface area (TPSA) is 152 Å². The van der Waals surface area contributed by atoms with Gasteiger partial charge in [0.2, 0.25) is 0 Å². The molecule has 0 aromatic carbocycles. The molecule has 2 aromatic rings. The summed E-state index contributed by atoms with van der Waals surface area (Å²) in [5.41, 5.74) is 11.2. The summed E-state index contributed by atoms with van der Waals surface area (Å²) < 4.78 is 11.9. The maximum absolute atomic E-state index is 12.4. The van der Waals surface area contributed by atoms with Gasteiger partial charge in [-0.2, -0.15) is 0 Å². The summed E-state index contributed by atoms with van der Waals surface area (Å²) in [7, 11) is 0. The monoisotopic (exact) mass is 1190 g/mol. The van der Waals surface area contributed by atoms with E-state index in [2.05, 4.69) is 96.1 Å². The minimum Gasteiger partial charge on any atom is 0 e. The molecular weight excluding hydrogens is 1130 g/mol. The van der Waals surface area contributed by atoms with Crippen LogP contribution in [0, 0.1) is 0 Å². The van der Waals surface area contributed by atoms with E-state index in [0.717, 1.165) is 68.6 Å². The second-order valence-corrected chi connectivity index (χ2v) is 50.6. The molecule has 287 valence electrons. The number of halogens is 4. The zero-order valence-electron chi connectivity index (χ0n) is 29.5. The van der Waals surface area contributed by atoms with E-state index < -0.39 is 11.2 Å². The van der Waals surface area contributed by atoms with Crippen molar-refractivity contribution in [1.29, 1.82) is 0 Å². The SMILES string of the molecule is C.CC(C)(C)OC(=O)N1CCN(c2ccc(N)nc2)CC12CC2.CC(C)(C)OC(=O)N1CCNCC12CC2.Nc1ccc(Br)cn1.[I][V]([I])[I].[V]. The van der Waals surface area contributed by atoms with Gasteiger partial charge in [0.1, 0.15) is 22.8 Å². The Labute approximate surface area is 362 Å². The Kier molecular flexibility index (Phi) is 20.6. The van der Waals surface area contributed by atoms with E-state index >= 15 is 0 Å². The van der Waals surface area contributed by atoms with Crippen LogP contribution >= 0.6 is 75.9 Å². The summed E-state index contributed by atoms with van der Waals surface area (Å²) >= 11 is 10.6. The van der Waals surface area contributed by atoms with Gasteiger partial charge in [-0.15, -0.1) is 0 Å². The number of carbonyl (C=O) groups excluding carboxylic acids is 2. The molecule has 4 aliphatic rings. The van der Waals surface area contributed by atoms with Crippen LogP contribution in [0.3, 0.4) is 0 Å². The Morgan fingerprint density at radius 1 is 0.824 bits per heavy atom. The first-order chi connectivity index (χ1) is 22.7. The predicted octanol–water partition coefficient (Wildman–Crippen LogP) is 8.33. The van der Waals surface area contributed by atoms with Crippen molar-refractivity contribution in [3.8, 4) is 0 Å². The molecule has 5 N–H and O–H groups in total. The number of aromatic nitrogens is 2. The number of nitrogen functional groups attached to an aromatic ring is 2. The fraction of sp³-hybridized carbons (Fsp3) is 0.636. The summed E-state index contributed by atoms with van der Waals surface area (Å²) in [6, 6.07) is 7.39. The van der Waals surface area contributed by atoms with Crippen molar-refractivity contribution in [2.45, 2.75) is 96.9 Å². The molecule has 2 aliphatic carbocycles. The van der Waals surface area contributed by atoms with Gasteiger partial charge in [0.15, 0.2) is 0 Å². The molecule has 0 atom stereocenters. The van der Waals surface area contributed by atoms with Crippen molar-refractivity contribution < 1.29 is 42.5 Å². The number of nitrogens with zero attached hydrogens (tertiary/aromatic N) is 5. The van der Waals surface area contributed by atoms with Crippen LogP contribution in [0.4, 0.5) is 26.9 Å². The maximum Gasteiger partial charge on any atom is 0 e. The number of hydrogen-bond donors (Lipinski definition) is 3. The molecule has 2 aromatic heterocycles. The van der Waals surface area contributed by atoms with Crippen LogP contribution in [0.2, 0.25) is 0 Å². The van der Waals surface area contributed by atoms with E-state index in [-0.39, 0.29) is 54.2 Å². The van der Waals surface area contributed by atoms with Gasteiger partial charge >= 0.3 is 77.0 Å². The third-order valence-corrected chi connectivity index (χ3v) is 8.43. The first-order valence-electron chi connectivity index (χ1n) is 16.1. The Morgan fingerprint density at radius 2 is 1.29 bits per heavy atom. The van der Waals surface area contributed by atoms with Crippen LogP contribution in [0.5, 0.6) is 0 Å². The van der Waals surface area contributed by atoms with Gasteiger partial charge in [-0.25, -0.2) is 19.6 Å². The van der Waals surface area contributed by atoms with Gasteiger partial charge in [-0.05, 0) is 107 Å². The van der Waals surface area contributed by atoms with Gasteiger partial charge in [0, 0.05) is 68.5 Å². The number of nitrogens with two attached hydrogens (primary N) is 2. The normalized spacial score (nSPS) is 17.9. The predicted molar refractivity (Wildman–Crippen MR) is 229 cm³/mol. The molecule has 0 bridgehead atoms. The van der Waals surface area contributed by atoms with Crippen molar-refractivity contribution in [2.75, 3.05) is 55.6 Å². The van der Waals surface area contributed by atoms with Gasteiger partial charge in [0.25, 0.3) is 0 Å². The van der Waals surface area contributed by atoms with Gasteiger partial charge in [0.05, 0.1) is 23.0 Å². The zero-order chi connectivity index (χ0) is 36.6. The molecule has 1 radical (unpaired) electrons. The van der Waals surface area contributed by atoms with Crippen LogP contribution in [0.15, 0.2) is 41.1 Å². The number of amides is 2. The summed E-state index contributed by atoms with van der Waals surface area (Å²) in [5.74, 6) is 1.07. The van der Waals surface area contributed by atoms with Crippen LogP contribution in [0.25, 0.3) is 0 Å². The smallest absolute Gasteiger partial charge is 0 e. The largest absolute Gasteiger partial charge is 0 e. The molecule has 2 saturated carbocycles. The van der Waals surface area contributed by atoms with Crippen LogP contribution in [-0.2, 0) is 32.9 Å². The Hall–Kier alpha value is 0.0388. The van der Waals surface area contributed by atoms with Crippen molar-refractivity contribution in [2.24, 2.45) is 0 Å². The minimum atomic E-state index is -0.453. The number of piperazine rings is 2. The molecule has 0 unspecified atom stereocenters. The molecule has 2 amide bonds. The number of rotatable bonds is 1. The Morgan fingerprint density at radius 3 is 1.69 bits per heavy atom. The van der Waals surface area contributed by atoms with E-state index in [9.17, 15) is 9.59 Å². The van der Waals surface area contributed by atoms with Crippen LogP contribution in [-0.4, -0.2) is 93.5 Å². The maximum atomic E-state index is 12.4. The number of carbonyl (C=O) groups is 2. The number of anilines is 3. The number of nitrogens with one attached hydrogen (secondary N) is 1. The molecule has 12 nitrogen and oxygen atoms in total. The van der Waals surface area contributed by atoms with E-state index in [1.807, 2.05) is 69.5 Å². The van der Waals surface area contributed by atoms with Gasteiger partial charge < -0.3 is 31.2 Å². The second kappa shape index (κ2) is 21.4. The van der Waals surface area contributed by atoms with Gasteiger partial charge in [-0.3, -0.25) is 9.80 Å². The van der Waals surface area contributed by atoms with E-state index in [1.54, 1.807) is 18.5 Å². The van der Waals surface area contributed by atoms with Crippen molar-refractivity contribution in [1.82, 2.24) is 25.1 Å². The Bertz CT molecular complexity index is 1350. The average Bonchev–Trinajstić information content (AvgIpc) is 3.92. The zero-order valence-corrected chi connectivity index (χ0v) is 40.3. The molecule has 6 rings (SSSR count). The van der Waals surface area contributed by atoms with Crippen molar-refractivity contribution >= 4 is 105 Å². The van der Waals surface area contributed by atoms with Crippen LogP contribution < -0.4 is 21.7 Å². The van der Waals surface area contributed by atoms with E-state index in [0.29, 0.717) is 18.2 Å². The molecular formula is C33H53BrI3N8O4V2. The summed E-state index contributed by atoms with van der Waals surface area (Å²) in [5, 5.41) is 3.34. The molecule has 2 saturated heterocycles. The third kappa shape index (κ3) is 17.2. The van der Waals surface area contributed by atoms with Gasteiger partial charge in [-0.1, -0.05) is 7.43 Å². The fourth-order valence-corrected chi connectivity index (χ4v) is 5.62. The number of hydrogen-bond acceptors (Lipinski definition) is 10. The number of ether oxygens (including phenoxy) is 2. The first-order valence-corrected chi connectivity index (χ1v) is 30.4. The first kappa shape index (κ1) is 49.1. The van der Waals surface area contributed by atoms with Crippen LogP contribution in [0.1, 0.15) is 74.7 Å². The third-order valence-electron chi connectivity index (χ3n) is 7.96. The summed E-state index contributed by atoms with van der Waals surface area (Å²) in [6.07, 6.45) is 7.40. The van der Waals surface area contributed by atoms with Crippen molar-refractivity contribution in [3.63, 3.8) is 0 Å². The molecule has 4 fully saturated rings. The fourth-order valence-electron chi connectivity index (χ4n) is 5.38. The summed E-state index contributed by atoms with van der Waals surface area (Å²) in [4.78, 5) is 38.2. The number of pyridine rings is 2. The van der Waals surface area contributed by atoms with E-state index in [4.69, 9.17) is 20.9 Å². The standard InChI is InChI=1S/C16H24N4O2.C11H20N2O2.C5H5BrN2.CH4.3HI.2V/c1-15(2,3)22-14(21)20-9-8-19(11-16(20)6-7-16)12-4-5-13(17)18-10-12;1-10(2,3)15-9(14)13-7-6-12-8-11(13)4-5-11;6-4-1-2-5(7)8-3-4;;;;;;/h4-5,10H,6-9,11H2,1-3H3,(H2,17,18);12H,4-8H2,1-3H3;1-3H,(H2,7,8);1H4;3*1H;;/q;;;;;;;;+3/p-3. The second-order valence-electron chi connectivity index (χ2n) is 14.3. The van der Waals surface area contributed by atoms with Crippen molar-refractivity contribution in [3.05, 3.63) is 41.1 Å². The van der Waals surface area contributed by atoms with E-state index in [1.165, 1.54) is 0 Å². The molecule has 2 spiro atoms.